The molecule has 0 aliphatic rings. The number of hydrogen-bond donors (Lipinski definition) is 1. The first-order chi connectivity index (χ1) is 9.45. The molecule has 5 nitrogen and oxygen atoms in total. The number of aromatic nitrogens is 1. The summed E-state index contributed by atoms with van der Waals surface area (Å²) in [5, 5.41) is 4.73. The molecule has 2 rings (SSSR count). The number of nitrogens with zero attached hydrogens (tertiary/aromatic N) is 2. The molecule has 0 atom stereocenters. The molecular weight excluding hydrogens is 362 g/mol. The van der Waals surface area contributed by atoms with Crippen molar-refractivity contribution in [1.82, 2.24) is 9.29 Å². The standard InChI is InChI=1S/C12H14BrN3O2S2/c1-14-12-11(4-3-5-15-12)20(17,18)16(2)7-10-6-9(13)8-19-10/h3-6,8H,7H2,1-2H3,(H,14,15). The van der Waals surface area contributed by atoms with Crippen molar-refractivity contribution in [2.24, 2.45) is 0 Å². The molecule has 20 heavy (non-hydrogen) atoms. The van der Waals surface area contributed by atoms with E-state index in [2.05, 4.69) is 26.2 Å². The van der Waals surface area contributed by atoms with Crippen molar-refractivity contribution < 1.29 is 8.42 Å². The molecule has 0 unspecified atom stereocenters. The first-order valence-electron chi connectivity index (χ1n) is 5.77. The van der Waals surface area contributed by atoms with Crippen molar-refractivity contribution in [3.63, 3.8) is 0 Å². The number of sulfonamides is 1. The Labute approximate surface area is 130 Å². The van der Waals surface area contributed by atoms with Gasteiger partial charge in [0.2, 0.25) is 10.0 Å². The van der Waals surface area contributed by atoms with Crippen LogP contribution in [0.2, 0.25) is 0 Å². The van der Waals surface area contributed by atoms with Crippen molar-refractivity contribution in [2.75, 3.05) is 19.4 Å². The van der Waals surface area contributed by atoms with Gasteiger partial charge in [-0.15, -0.1) is 11.3 Å². The van der Waals surface area contributed by atoms with Gasteiger partial charge in [-0.25, -0.2) is 13.4 Å². The molecule has 1 N–H and O–H groups in total. The second-order valence-corrected chi connectivity index (χ2v) is 8.02. The SMILES string of the molecule is CNc1ncccc1S(=O)(=O)N(C)Cc1cc(Br)cs1. The van der Waals surface area contributed by atoms with Gasteiger partial charge in [0.05, 0.1) is 0 Å². The summed E-state index contributed by atoms with van der Waals surface area (Å²) >= 11 is 4.88. The molecule has 0 bridgehead atoms. The molecular formula is C12H14BrN3O2S2. The number of hydrogen-bond acceptors (Lipinski definition) is 5. The van der Waals surface area contributed by atoms with Crippen LogP contribution in [0.25, 0.3) is 0 Å². The van der Waals surface area contributed by atoms with Crippen molar-refractivity contribution in [2.45, 2.75) is 11.4 Å². The van der Waals surface area contributed by atoms with Gasteiger partial charge in [0.1, 0.15) is 10.7 Å². The van der Waals surface area contributed by atoms with E-state index < -0.39 is 10.0 Å². The van der Waals surface area contributed by atoms with E-state index in [1.54, 1.807) is 32.4 Å². The molecule has 108 valence electrons. The van der Waals surface area contributed by atoms with Crippen LogP contribution >= 0.6 is 27.3 Å². The summed E-state index contributed by atoms with van der Waals surface area (Å²) in [6, 6.07) is 5.08. The average Bonchev–Trinajstić information content (AvgIpc) is 2.84. The zero-order valence-electron chi connectivity index (χ0n) is 11.0. The number of halogens is 1. The highest BCUT2D eigenvalue weighted by Crippen LogP contribution is 2.25. The van der Waals surface area contributed by atoms with Crippen LogP contribution in [0.4, 0.5) is 5.82 Å². The third kappa shape index (κ3) is 3.20. The average molecular weight is 376 g/mol. The minimum absolute atomic E-state index is 0.181. The van der Waals surface area contributed by atoms with E-state index in [-0.39, 0.29) is 4.90 Å². The summed E-state index contributed by atoms with van der Waals surface area (Å²) in [6.07, 6.45) is 1.56. The Morgan fingerprint density at radius 3 is 2.85 bits per heavy atom. The number of anilines is 1. The van der Waals surface area contributed by atoms with E-state index in [0.29, 0.717) is 12.4 Å². The molecule has 8 heteroatoms. The second-order valence-electron chi connectivity index (χ2n) is 4.09. The van der Waals surface area contributed by atoms with Crippen LogP contribution in [0.15, 0.2) is 39.1 Å². The van der Waals surface area contributed by atoms with Crippen molar-refractivity contribution in [3.05, 3.63) is 39.1 Å². The largest absolute Gasteiger partial charge is 0.372 e. The molecule has 2 heterocycles. The fraction of sp³-hybridized carbons (Fsp3) is 0.250. The first kappa shape index (κ1) is 15.4. The van der Waals surface area contributed by atoms with Gasteiger partial charge in [0.15, 0.2) is 0 Å². The Bertz CT molecular complexity index is 700. The van der Waals surface area contributed by atoms with Gasteiger partial charge in [-0.05, 0) is 34.1 Å². The molecule has 2 aromatic rings. The smallest absolute Gasteiger partial charge is 0.246 e. The highest BCUT2D eigenvalue weighted by atomic mass is 79.9. The Morgan fingerprint density at radius 1 is 1.50 bits per heavy atom. The van der Waals surface area contributed by atoms with Gasteiger partial charge in [0, 0.05) is 41.6 Å². The molecule has 0 aliphatic carbocycles. The monoisotopic (exact) mass is 375 g/mol. The van der Waals surface area contributed by atoms with Crippen LogP contribution in [-0.2, 0) is 16.6 Å². The molecule has 0 aliphatic heterocycles. The molecule has 0 radical (unpaired) electrons. The van der Waals surface area contributed by atoms with Gasteiger partial charge in [-0.1, -0.05) is 0 Å². The summed E-state index contributed by atoms with van der Waals surface area (Å²) in [6.45, 7) is 0.330. The molecule has 2 aromatic heterocycles. The number of rotatable bonds is 5. The molecule has 0 saturated carbocycles. The third-order valence-corrected chi connectivity index (χ3v) is 6.21. The molecule has 0 spiro atoms. The normalized spacial score (nSPS) is 11.8. The lowest BCUT2D eigenvalue weighted by Gasteiger charge is -2.17. The van der Waals surface area contributed by atoms with Crippen molar-refractivity contribution in [3.8, 4) is 0 Å². The fourth-order valence-electron chi connectivity index (χ4n) is 1.70. The van der Waals surface area contributed by atoms with E-state index in [9.17, 15) is 8.42 Å². The predicted octanol–water partition coefficient (Wildman–Crippen LogP) is 2.77. The minimum Gasteiger partial charge on any atom is -0.372 e. The molecule has 0 fully saturated rings. The maximum atomic E-state index is 12.6. The zero-order valence-corrected chi connectivity index (χ0v) is 14.2. The zero-order chi connectivity index (χ0) is 14.8. The van der Waals surface area contributed by atoms with Crippen molar-refractivity contribution >= 4 is 43.1 Å². The summed E-state index contributed by atoms with van der Waals surface area (Å²) < 4.78 is 27.4. The quantitative estimate of drug-likeness (QED) is 0.872. The summed E-state index contributed by atoms with van der Waals surface area (Å²) in [7, 11) is -0.356. The Hall–Kier alpha value is -0.960. The number of thiophene rings is 1. The van der Waals surface area contributed by atoms with Gasteiger partial charge in [0.25, 0.3) is 0 Å². The van der Waals surface area contributed by atoms with Gasteiger partial charge in [-0.2, -0.15) is 4.31 Å². The molecule has 0 saturated heterocycles. The van der Waals surface area contributed by atoms with Crippen LogP contribution in [0.3, 0.4) is 0 Å². The van der Waals surface area contributed by atoms with E-state index >= 15 is 0 Å². The Kier molecular flexibility index (Phi) is 4.79. The number of nitrogens with one attached hydrogen (secondary N) is 1. The Balaban J connectivity index is 2.29. The summed E-state index contributed by atoms with van der Waals surface area (Å²) in [5.74, 6) is 0.353. The van der Waals surface area contributed by atoms with Gasteiger partial charge >= 0.3 is 0 Å². The molecule has 0 amide bonds. The van der Waals surface area contributed by atoms with Crippen molar-refractivity contribution in [1.29, 1.82) is 0 Å². The van der Waals surface area contributed by atoms with Gasteiger partial charge < -0.3 is 5.32 Å². The van der Waals surface area contributed by atoms with Crippen LogP contribution in [-0.4, -0.2) is 31.8 Å². The number of pyridine rings is 1. The lowest BCUT2D eigenvalue weighted by molar-refractivity contribution is 0.469. The molecule has 0 aromatic carbocycles. The minimum atomic E-state index is -3.57. The maximum absolute atomic E-state index is 12.6. The summed E-state index contributed by atoms with van der Waals surface area (Å²) in [5.41, 5.74) is 0. The summed E-state index contributed by atoms with van der Waals surface area (Å²) in [4.78, 5) is 5.19. The lowest BCUT2D eigenvalue weighted by atomic mass is 10.5. The van der Waals surface area contributed by atoms with E-state index in [4.69, 9.17) is 0 Å². The highest BCUT2D eigenvalue weighted by Gasteiger charge is 2.24. The highest BCUT2D eigenvalue weighted by molar-refractivity contribution is 9.10. The third-order valence-electron chi connectivity index (χ3n) is 2.70. The van der Waals surface area contributed by atoms with Gasteiger partial charge in [-0.3, -0.25) is 0 Å². The first-order valence-corrected chi connectivity index (χ1v) is 8.88. The van der Waals surface area contributed by atoms with Crippen LogP contribution in [0.1, 0.15) is 4.88 Å². The Morgan fingerprint density at radius 2 is 2.25 bits per heavy atom. The van der Waals surface area contributed by atoms with Crippen LogP contribution in [0, 0.1) is 0 Å². The van der Waals surface area contributed by atoms with E-state index in [0.717, 1.165) is 9.35 Å². The second kappa shape index (κ2) is 6.21. The maximum Gasteiger partial charge on any atom is 0.246 e. The topological polar surface area (TPSA) is 62.3 Å². The predicted molar refractivity (Wildman–Crippen MR) is 84.5 cm³/mol. The van der Waals surface area contributed by atoms with E-state index in [1.165, 1.54) is 15.6 Å². The lowest BCUT2D eigenvalue weighted by Crippen LogP contribution is -2.27. The van der Waals surface area contributed by atoms with Crippen LogP contribution in [0.5, 0.6) is 0 Å². The van der Waals surface area contributed by atoms with E-state index in [1.807, 2.05) is 11.4 Å². The fourth-order valence-corrected chi connectivity index (χ4v) is 4.58. The van der Waals surface area contributed by atoms with Crippen LogP contribution < -0.4 is 5.32 Å².